The minimum absolute atomic E-state index is 0.0822. The molecule has 1 aromatic carbocycles. The number of hydrogen-bond acceptors (Lipinski definition) is 4. The second kappa shape index (κ2) is 8.66. The first kappa shape index (κ1) is 18.9. The van der Waals surface area contributed by atoms with Crippen LogP contribution in [-0.2, 0) is 0 Å². The van der Waals surface area contributed by atoms with Gasteiger partial charge in [-0.05, 0) is 50.2 Å². The van der Waals surface area contributed by atoms with Crippen molar-refractivity contribution in [3.8, 4) is 5.69 Å². The zero-order valence-corrected chi connectivity index (χ0v) is 15.8. The second-order valence-corrected chi connectivity index (χ2v) is 7.01. The Morgan fingerprint density at radius 1 is 1.12 bits per heavy atom. The molecule has 0 atom stereocenters. The van der Waals surface area contributed by atoms with Gasteiger partial charge in [0.1, 0.15) is 5.02 Å². The van der Waals surface area contributed by atoms with Gasteiger partial charge in [-0.15, -0.1) is 0 Å². The molecule has 1 aliphatic rings. The number of hydrogen-bond donors (Lipinski definition) is 1. The van der Waals surface area contributed by atoms with E-state index in [9.17, 15) is 9.59 Å². The fraction of sp³-hybridized carbons (Fsp3) is 0.389. The second-order valence-electron chi connectivity index (χ2n) is 6.23. The highest BCUT2D eigenvalue weighted by Gasteiger charge is 2.12. The van der Waals surface area contributed by atoms with E-state index in [1.54, 1.807) is 24.3 Å². The topological polar surface area (TPSA) is 67.2 Å². The van der Waals surface area contributed by atoms with Crippen LogP contribution in [0.3, 0.4) is 0 Å². The van der Waals surface area contributed by atoms with Crippen LogP contribution in [0.2, 0.25) is 10.0 Å². The lowest BCUT2D eigenvalue weighted by Gasteiger charge is -2.26. The van der Waals surface area contributed by atoms with E-state index >= 15 is 0 Å². The third-order valence-corrected chi connectivity index (χ3v) is 5.16. The van der Waals surface area contributed by atoms with Crippen molar-refractivity contribution in [2.75, 3.05) is 26.2 Å². The third kappa shape index (κ3) is 4.44. The summed E-state index contributed by atoms with van der Waals surface area (Å²) in [4.78, 5) is 26.7. The quantitative estimate of drug-likeness (QED) is 0.846. The standard InChI is InChI=1S/C18H20Cl2N4O2/c19-15-12-22-24(18(26)16(15)20)14-6-4-13(5-7-14)17(25)21-8-11-23-9-2-1-3-10-23/h4-7,12H,1-3,8-11H2,(H,21,25). The zero-order chi connectivity index (χ0) is 18.5. The molecule has 138 valence electrons. The van der Waals surface area contributed by atoms with Crippen LogP contribution in [0.15, 0.2) is 35.3 Å². The Hall–Kier alpha value is -1.89. The lowest BCUT2D eigenvalue weighted by atomic mass is 10.1. The lowest BCUT2D eigenvalue weighted by Crippen LogP contribution is -2.37. The van der Waals surface area contributed by atoms with Crippen molar-refractivity contribution in [2.45, 2.75) is 19.3 Å². The van der Waals surface area contributed by atoms with Crippen LogP contribution >= 0.6 is 23.2 Å². The van der Waals surface area contributed by atoms with Gasteiger partial charge in [0, 0.05) is 18.7 Å². The number of aromatic nitrogens is 2. The average molecular weight is 395 g/mol. The maximum atomic E-state index is 12.2. The Morgan fingerprint density at radius 3 is 2.50 bits per heavy atom. The average Bonchev–Trinajstić information content (AvgIpc) is 2.67. The Labute approximate surface area is 161 Å². The SMILES string of the molecule is O=C(NCCN1CCCCC1)c1ccc(-n2ncc(Cl)c(Cl)c2=O)cc1. The predicted octanol–water partition coefficient (Wildman–Crippen LogP) is 2.76. The molecule has 1 saturated heterocycles. The summed E-state index contributed by atoms with van der Waals surface area (Å²) in [5.74, 6) is -0.136. The van der Waals surface area contributed by atoms with Gasteiger partial charge in [-0.25, -0.2) is 0 Å². The minimum Gasteiger partial charge on any atom is -0.351 e. The van der Waals surface area contributed by atoms with Crippen LogP contribution < -0.4 is 10.9 Å². The van der Waals surface area contributed by atoms with Crippen molar-refractivity contribution >= 4 is 29.1 Å². The Kier molecular flexibility index (Phi) is 6.29. The Bertz CT molecular complexity index is 830. The fourth-order valence-electron chi connectivity index (χ4n) is 2.96. The van der Waals surface area contributed by atoms with E-state index in [-0.39, 0.29) is 16.0 Å². The van der Waals surface area contributed by atoms with Crippen LogP contribution in [0.4, 0.5) is 0 Å². The van der Waals surface area contributed by atoms with Gasteiger partial charge < -0.3 is 10.2 Å². The summed E-state index contributed by atoms with van der Waals surface area (Å²) < 4.78 is 1.15. The first-order valence-corrected chi connectivity index (χ1v) is 9.36. The van der Waals surface area contributed by atoms with Crippen LogP contribution in [-0.4, -0.2) is 46.8 Å². The number of halogens is 2. The first-order valence-electron chi connectivity index (χ1n) is 8.60. The van der Waals surface area contributed by atoms with E-state index in [1.807, 2.05) is 0 Å². The summed E-state index contributed by atoms with van der Waals surface area (Å²) in [6, 6.07) is 6.61. The summed E-state index contributed by atoms with van der Waals surface area (Å²) in [5, 5.41) is 6.92. The molecule has 1 N–H and O–H groups in total. The van der Waals surface area contributed by atoms with Crippen molar-refractivity contribution in [3.63, 3.8) is 0 Å². The summed E-state index contributed by atoms with van der Waals surface area (Å²) >= 11 is 11.6. The molecule has 1 aromatic heterocycles. The van der Waals surface area contributed by atoms with Crippen LogP contribution in [0.5, 0.6) is 0 Å². The monoisotopic (exact) mass is 394 g/mol. The van der Waals surface area contributed by atoms with Crippen molar-refractivity contribution in [1.29, 1.82) is 0 Å². The molecule has 0 unspecified atom stereocenters. The van der Waals surface area contributed by atoms with Crippen LogP contribution in [0, 0.1) is 0 Å². The highest BCUT2D eigenvalue weighted by Crippen LogP contribution is 2.16. The maximum absolute atomic E-state index is 12.2. The summed E-state index contributed by atoms with van der Waals surface area (Å²) in [7, 11) is 0. The van der Waals surface area contributed by atoms with Crippen molar-refractivity contribution in [1.82, 2.24) is 20.0 Å². The molecular formula is C18H20Cl2N4O2. The fourth-order valence-corrected chi connectivity index (χ4v) is 3.22. The van der Waals surface area contributed by atoms with E-state index in [0.29, 0.717) is 17.8 Å². The molecule has 0 radical (unpaired) electrons. The Morgan fingerprint density at radius 2 is 1.81 bits per heavy atom. The number of benzene rings is 1. The van der Waals surface area contributed by atoms with E-state index in [1.165, 1.54) is 25.5 Å². The van der Waals surface area contributed by atoms with Crippen LogP contribution in [0.1, 0.15) is 29.6 Å². The van der Waals surface area contributed by atoms with Gasteiger partial charge in [0.15, 0.2) is 0 Å². The molecule has 0 bridgehead atoms. The van der Waals surface area contributed by atoms with Gasteiger partial charge in [-0.1, -0.05) is 29.6 Å². The molecule has 0 aliphatic carbocycles. The molecule has 1 fully saturated rings. The molecule has 3 rings (SSSR count). The number of rotatable bonds is 5. The lowest BCUT2D eigenvalue weighted by molar-refractivity contribution is 0.0946. The molecule has 8 heteroatoms. The number of amides is 1. The van der Waals surface area contributed by atoms with Crippen molar-refractivity contribution < 1.29 is 4.79 Å². The molecular weight excluding hydrogens is 375 g/mol. The zero-order valence-electron chi connectivity index (χ0n) is 14.3. The first-order chi connectivity index (χ1) is 12.6. The van der Waals surface area contributed by atoms with Gasteiger partial charge in [-0.2, -0.15) is 9.78 Å². The summed E-state index contributed by atoms with van der Waals surface area (Å²) in [6.45, 7) is 3.70. The highest BCUT2D eigenvalue weighted by atomic mass is 35.5. The summed E-state index contributed by atoms with van der Waals surface area (Å²) in [6.07, 6.45) is 5.08. The Balaban J connectivity index is 1.61. The van der Waals surface area contributed by atoms with Gasteiger partial charge in [0.05, 0.1) is 16.9 Å². The summed E-state index contributed by atoms with van der Waals surface area (Å²) in [5.41, 5.74) is 0.539. The number of nitrogens with zero attached hydrogens (tertiary/aromatic N) is 3. The van der Waals surface area contributed by atoms with Crippen LogP contribution in [0.25, 0.3) is 5.69 Å². The maximum Gasteiger partial charge on any atom is 0.291 e. The molecule has 0 spiro atoms. The molecule has 2 heterocycles. The normalized spacial score (nSPS) is 15.0. The predicted molar refractivity (Wildman–Crippen MR) is 102 cm³/mol. The molecule has 2 aromatic rings. The molecule has 1 aliphatic heterocycles. The number of carbonyl (C=O) groups excluding carboxylic acids is 1. The van der Waals surface area contributed by atoms with E-state index in [0.717, 1.165) is 24.3 Å². The highest BCUT2D eigenvalue weighted by molar-refractivity contribution is 6.41. The number of nitrogens with one attached hydrogen (secondary N) is 1. The van der Waals surface area contributed by atoms with E-state index in [4.69, 9.17) is 23.2 Å². The minimum atomic E-state index is -0.502. The largest absolute Gasteiger partial charge is 0.351 e. The number of likely N-dealkylation sites (tertiary alicyclic amines) is 1. The number of carbonyl (C=O) groups is 1. The van der Waals surface area contributed by atoms with E-state index < -0.39 is 5.56 Å². The third-order valence-electron chi connectivity index (χ3n) is 4.41. The van der Waals surface area contributed by atoms with Gasteiger partial charge >= 0.3 is 0 Å². The van der Waals surface area contributed by atoms with Gasteiger partial charge in [0.2, 0.25) is 0 Å². The molecule has 26 heavy (non-hydrogen) atoms. The van der Waals surface area contributed by atoms with Gasteiger partial charge in [-0.3, -0.25) is 9.59 Å². The van der Waals surface area contributed by atoms with Gasteiger partial charge in [0.25, 0.3) is 11.5 Å². The van der Waals surface area contributed by atoms with E-state index in [2.05, 4.69) is 15.3 Å². The smallest absolute Gasteiger partial charge is 0.291 e. The van der Waals surface area contributed by atoms with Crippen molar-refractivity contribution in [3.05, 3.63) is 56.4 Å². The number of piperidine rings is 1. The molecule has 0 saturated carbocycles. The molecule has 1 amide bonds. The van der Waals surface area contributed by atoms with Crippen molar-refractivity contribution in [2.24, 2.45) is 0 Å². The molecule has 6 nitrogen and oxygen atoms in total.